The summed E-state index contributed by atoms with van der Waals surface area (Å²) in [4.78, 5) is 31.7. The van der Waals surface area contributed by atoms with Gasteiger partial charge < -0.3 is 29.5 Å². The lowest BCUT2D eigenvalue weighted by molar-refractivity contribution is 0.0518. The number of aliphatic hydroxyl groups excluding tert-OH is 1. The Morgan fingerprint density at radius 2 is 1.94 bits per heavy atom. The first kappa shape index (κ1) is 24.8. The van der Waals surface area contributed by atoms with Crippen molar-refractivity contribution >= 4 is 17.7 Å². The molecular formula is C26H33N3O6. The molecule has 1 fully saturated rings. The second kappa shape index (κ2) is 10.5. The smallest absolute Gasteiger partial charge is 0.407 e. The van der Waals surface area contributed by atoms with Gasteiger partial charge in [0, 0.05) is 17.5 Å². The first-order valence-corrected chi connectivity index (χ1v) is 12.0. The van der Waals surface area contributed by atoms with E-state index in [1.165, 1.54) is 7.11 Å². The number of fused-ring (bicyclic) bond motifs is 1. The number of carbonyl (C=O) groups is 2. The van der Waals surface area contributed by atoms with Crippen molar-refractivity contribution in [2.45, 2.75) is 58.5 Å². The van der Waals surface area contributed by atoms with Crippen molar-refractivity contribution in [3.63, 3.8) is 0 Å². The summed E-state index contributed by atoms with van der Waals surface area (Å²) in [6.07, 6.45) is 0.687. The fraction of sp³-hybridized carbons (Fsp3) is 0.500. The van der Waals surface area contributed by atoms with Gasteiger partial charge in [-0.25, -0.2) is 14.6 Å². The van der Waals surface area contributed by atoms with Gasteiger partial charge in [0.15, 0.2) is 5.69 Å². The van der Waals surface area contributed by atoms with E-state index in [1.54, 1.807) is 19.9 Å². The maximum Gasteiger partial charge on any atom is 0.407 e. The van der Waals surface area contributed by atoms with E-state index in [0.717, 1.165) is 18.4 Å². The van der Waals surface area contributed by atoms with Crippen LogP contribution in [0.2, 0.25) is 0 Å². The lowest BCUT2D eigenvalue weighted by Crippen LogP contribution is -2.54. The molecule has 2 unspecified atom stereocenters. The van der Waals surface area contributed by atoms with Gasteiger partial charge in [-0.2, -0.15) is 0 Å². The zero-order chi connectivity index (χ0) is 25.1. The molecule has 1 aromatic carbocycles. The molecule has 188 valence electrons. The molecule has 2 heterocycles. The second-order valence-electron chi connectivity index (χ2n) is 9.09. The molecule has 4 atom stereocenters. The summed E-state index contributed by atoms with van der Waals surface area (Å²) in [5.74, 6) is -0.101. The zero-order valence-electron chi connectivity index (χ0n) is 20.6. The molecule has 1 amide bonds. The minimum atomic E-state index is -0.822. The summed E-state index contributed by atoms with van der Waals surface area (Å²) in [5, 5.41) is 13.8. The number of aromatic nitrogens is 1. The highest BCUT2D eigenvalue weighted by Gasteiger charge is 2.49. The summed E-state index contributed by atoms with van der Waals surface area (Å²) >= 11 is 0. The average molecular weight is 484 g/mol. The van der Waals surface area contributed by atoms with Crippen LogP contribution in [0.3, 0.4) is 0 Å². The Labute approximate surface area is 205 Å². The van der Waals surface area contributed by atoms with Gasteiger partial charge in [0.25, 0.3) is 0 Å². The van der Waals surface area contributed by atoms with Crippen LogP contribution in [0, 0.1) is 11.8 Å². The number of alkyl carbamates (subject to hydrolysis) is 1. The van der Waals surface area contributed by atoms with Crippen LogP contribution in [0.1, 0.15) is 61.3 Å². The number of pyridine rings is 1. The van der Waals surface area contributed by atoms with Crippen LogP contribution in [-0.2, 0) is 16.1 Å². The minimum Gasteiger partial charge on any atom is -0.479 e. The molecule has 1 aliphatic carbocycles. The summed E-state index contributed by atoms with van der Waals surface area (Å²) < 4.78 is 16.3. The van der Waals surface area contributed by atoms with Crippen LogP contribution < -0.4 is 15.0 Å². The van der Waals surface area contributed by atoms with Crippen LogP contribution >= 0.6 is 0 Å². The van der Waals surface area contributed by atoms with Gasteiger partial charge in [0.2, 0.25) is 5.88 Å². The maximum atomic E-state index is 12.9. The van der Waals surface area contributed by atoms with E-state index in [2.05, 4.69) is 10.3 Å². The van der Waals surface area contributed by atoms with E-state index in [-0.39, 0.29) is 36.7 Å². The van der Waals surface area contributed by atoms with E-state index in [0.29, 0.717) is 17.2 Å². The molecule has 35 heavy (non-hydrogen) atoms. The van der Waals surface area contributed by atoms with Crippen molar-refractivity contribution < 1.29 is 28.9 Å². The summed E-state index contributed by atoms with van der Waals surface area (Å²) in [5.41, 5.74) is 2.15. The molecule has 0 spiro atoms. The third-order valence-electron chi connectivity index (χ3n) is 6.64. The van der Waals surface area contributed by atoms with Crippen LogP contribution in [0.4, 0.5) is 10.5 Å². The van der Waals surface area contributed by atoms with E-state index in [9.17, 15) is 14.7 Å². The van der Waals surface area contributed by atoms with Gasteiger partial charge >= 0.3 is 12.1 Å². The predicted octanol–water partition coefficient (Wildman–Crippen LogP) is 3.81. The van der Waals surface area contributed by atoms with Crippen LogP contribution in [0.5, 0.6) is 5.88 Å². The van der Waals surface area contributed by atoms with Gasteiger partial charge in [0.1, 0.15) is 18.5 Å². The first-order valence-electron chi connectivity index (χ1n) is 12.0. The van der Waals surface area contributed by atoms with Gasteiger partial charge in [-0.1, -0.05) is 37.3 Å². The van der Waals surface area contributed by atoms with E-state index >= 15 is 0 Å². The lowest BCUT2D eigenvalue weighted by Gasteiger charge is -2.48. The molecule has 4 rings (SSSR count). The number of nitrogens with zero attached hydrogens (tertiary/aromatic N) is 2. The average Bonchev–Trinajstić information content (AvgIpc) is 3.69. The second-order valence-corrected chi connectivity index (χ2v) is 9.09. The van der Waals surface area contributed by atoms with Gasteiger partial charge in [-0.05, 0) is 44.2 Å². The highest BCUT2D eigenvalue weighted by atomic mass is 16.5. The number of anilines is 1. The van der Waals surface area contributed by atoms with E-state index in [1.807, 2.05) is 42.2 Å². The monoisotopic (exact) mass is 483 g/mol. The third-order valence-corrected chi connectivity index (χ3v) is 6.64. The number of hydrogen-bond donors (Lipinski definition) is 2. The molecule has 0 bridgehead atoms. The molecule has 1 saturated carbocycles. The first-order chi connectivity index (χ1) is 16.8. The molecule has 1 aromatic heterocycles. The molecule has 9 heteroatoms. The highest BCUT2D eigenvalue weighted by Crippen LogP contribution is 2.52. The van der Waals surface area contributed by atoms with Crippen molar-refractivity contribution in [3.8, 4) is 5.88 Å². The Morgan fingerprint density at radius 3 is 2.54 bits per heavy atom. The maximum absolute atomic E-state index is 12.9. The Hall–Kier alpha value is -3.33. The third kappa shape index (κ3) is 5.19. The summed E-state index contributed by atoms with van der Waals surface area (Å²) in [7, 11) is 1.47. The summed E-state index contributed by atoms with van der Waals surface area (Å²) in [6, 6.07) is 10.5. The normalized spacial score (nSPS) is 22.1. The lowest BCUT2D eigenvalue weighted by atomic mass is 9.80. The molecule has 1 aliphatic heterocycles. The number of ether oxygens (including phenoxy) is 3. The van der Waals surface area contributed by atoms with E-state index < -0.39 is 24.3 Å². The molecule has 2 aromatic rings. The van der Waals surface area contributed by atoms with Crippen LogP contribution in [0.25, 0.3) is 0 Å². The molecule has 9 nitrogen and oxygen atoms in total. The fourth-order valence-electron chi connectivity index (χ4n) is 5.00. The van der Waals surface area contributed by atoms with Crippen molar-refractivity contribution in [1.29, 1.82) is 0 Å². The number of benzene rings is 1. The molecule has 2 N–H and O–H groups in total. The SMILES string of the molecule is CCOC(=O)c1cc2c(c(OC)n1)N(C(C)O)[C@@H](C1CC1)[C@H](C)C2NC(=O)OCc1ccccc1. The number of amides is 1. The topological polar surface area (TPSA) is 110 Å². The van der Waals surface area contributed by atoms with Crippen molar-refractivity contribution in [3.05, 3.63) is 53.2 Å². The number of carbonyl (C=O) groups excluding carboxylic acids is 2. The van der Waals surface area contributed by atoms with Gasteiger partial charge in [0.05, 0.1) is 19.8 Å². The van der Waals surface area contributed by atoms with Crippen molar-refractivity contribution in [2.75, 3.05) is 18.6 Å². The number of nitrogens with one attached hydrogen (secondary N) is 1. The fourth-order valence-corrected chi connectivity index (χ4v) is 5.00. The molecule has 0 radical (unpaired) electrons. The minimum absolute atomic E-state index is 0.0499. The van der Waals surface area contributed by atoms with Gasteiger partial charge in [-0.15, -0.1) is 0 Å². The highest BCUT2D eigenvalue weighted by molar-refractivity contribution is 5.89. The predicted molar refractivity (Wildman–Crippen MR) is 129 cm³/mol. The van der Waals surface area contributed by atoms with Crippen LogP contribution in [-0.4, -0.2) is 48.1 Å². The Balaban J connectivity index is 1.72. The van der Waals surface area contributed by atoms with Gasteiger partial charge in [-0.3, -0.25) is 0 Å². The molecule has 2 aliphatic rings. The molecule has 0 saturated heterocycles. The number of esters is 1. The largest absolute Gasteiger partial charge is 0.479 e. The number of methoxy groups -OCH3 is 1. The Morgan fingerprint density at radius 1 is 1.23 bits per heavy atom. The molecular weight excluding hydrogens is 450 g/mol. The quantitative estimate of drug-likeness (QED) is 0.546. The number of hydrogen-bond acceptors (Lipinski definition) is 8. The van der Waals surface area contributed by atoms with Crippen molar-refractivity contribution in [2.24, 2.45) is 11.8 Å². The van der Waals surface area contributed by atoms with Crippen LogP contribution in [0.15, 0.2) is 36.4 Å². The Bertz CT molecular complexity index is 1060. The number of rotatable bonds is 8. The van der Waals surface area contributed by atoms with Crippen molar-refractivity contribution in [1.82, 2.24) is 10.3 Å². The van der Waals surface area contributed by atoms with E-state index in [4.69, 9.17) is 14.2 Å². The Kier molecular flexibility index (Phi) is 7.45. The standard InChI is InChI=1S/C26H33N3O6/c1-5-34-25(31)20-13-19-21(28-26(32)35-14-17-9-7-6-8-10-17)15(2)22(18-11-12-18)29(16(3)30)23(19)24(27-20)33-4/h6-10,13,15-16,18,21-22,30H,5,11-12,14H2,1-4H3,(H,28,32)/t15-,16?,21?,22-/m1/s1. The number of aliphatic hydroxyl groups is 1. The zero-order valence-corrected chi connectivity index (χ0v) is 20.6. The summed E-state index contributed by atoms with van der Waals surface area (Å²) in [6.45, 7) is 5.80.